The number of hydrogen-bond donors (Lipinski definition) is 10. The van der Waals surface area contributed by atoms with E-state index in [0.717, 1.165) is 32.1 Å². The van der Waals surface area contributed by atoms with E-state index in [-0.39, 0.29) is 34.5 Å². The molecule has 0 radical (unpaired) electrons. The van der Waals surface area contributed by atoms with Crippen LogP contribution in [0.1, 0.15) is 107 Å². The highest BCUT2D eigenvalue weighted by Gasteiger charge is 2.72. The van der Waals surface area contributed by atoms with Crippen LogP contribution in [0.4, 0.5) is 0 Å². The maximum atomic E-state index is 12.2. The van der Waals surface area contributed by atoms with Gasteiger partial charge in [0, 0.05) is 0 Å². The third-order valence-corrected chi connectivity index (χ3v) is 16.5. The molecule has 4 saturated carbocycles. The Balaban J connectivity index is 1.25. The van der Waals surface area contributed by atoms with E-state index in [1.807, 2.05) is 20.8 Å². The summed E-state index contributed by atoms with van der Waals surface area (Å²) in [6.07, 6.45) is -10.5. The zero-order valence-electron chi connectivity index (χ0n) is 34.6. The van der Waals surface area contributed by atoms with Crippen LogP contribution in [0.2, 0.25) is 0 Å². The molecule has 14 nitrogen and oxygen atoms in total. The van der Waals surface area contributed by atoms with Crippen molar-refractivity contribution in [2.45, 2.75) is 192 Å². The summed E-state index contributed by atoms with van der Waals surface area (Å²) in [5.74, 6) is -0.0322. The van der Waals surface area contributed by atoms with Gasteiger partial charge in [-0.25, -0.2) is 0 Å². The third-order valence-electron chi connectivity index (χ3n) is 16.5. The Morgan fingerprint density at radius 3 is 1.93 bits per heavy atom. The van der Waals surface area contributed by atoms with Gasteiger partial charge in [-0.05, 0) is 117 Å². The molecule has 4 aliphatic carbocycles. The van der Waals surface area contributed by atoms with Crippen LogP contribution in [0.15, 0.2) is 11.6 Å². The van der Waals surface area contributed by atoms with Gasteiger partial charge in [-0.2, -0.15) is 0 Å². The number of rotatable bonds is 10. The number of ether oxygens (including phenoxy) is 4. The van der Waals surface area contributed by atoms with E-state index in [1.165, 1.54) is 5.57 Å². The van der Waals surface area contributed by atoms with Crippen LogP contribution in [0, 0.1) is 45.3 Å². The van der Waals surface area contributed by atoms with E-state index in [2.05, 4.69) is 40.7 Å². The molecule has 324 valence electrons. The van der Waals surface area contributed by atoms with Gasteiger partial charge >= 0.3 is 0 Å². The van der Waals surface area contributed by atoms with E-state index in [1.54, 1.807) is 0 Å². The summed E-state index contributed by atoms with van der Waals surface area (Å²) in [6.45, 7) is 15.7. The summed E-state index contributed by atoms with van der Waals surface area (Å²) in [5.41, 5.74) is -1.25. The molecule has 6 aliphatic rings. The fourth-order valence-electron chi connectivity index (χ4n) is 13.5. The average molecular weight is 801 g/mol. The van der Waals surface area contributed by atoms with Gasteiger partial charge in [-0.1, -0.05) is 46.3 Å². The van der Waals surface area contributed by atoms with E-state index in [4.69, 9.17) is 18.9 Å². The molecule has 0 amide bonds. The van der Waals surface area contributed by atoms with Gasteiger partial charge in [0.15, 0.2) is 12.6 Å². The molecule has 0 aromatic rings. The number of aliphatic hydroxyl groups excluding tert-OH is 9. The van der Waals surface area contributed by atoms with Gasteiger partial charge in [-0.3, -0.25) is 0 Å². The molecule has 2 saturated heterocycles. The first kappa shape index (κ1) is 44.7. The van der Waals surface area contributed by atoms with Crippen molar-refractivity contribution in [1.82, 2.24) is 0 Å². The van der Waals surface area contributed by atoms with Crippen molar-refractivity contribution in [3.63, 3.8) is 0 Å². The zero-order chi connectivity index (χ0) is 41.5. The fourth-order valence-corrected chi connectivity index (χ4v) is 13.5. The molecule has 0 spiro atoms. The number of hydrogen-bond acceptors (Lipinski definition) is 14. The molecule has 0 aromatic carbocycles. The van der Waals surface area contributed by atoms with Gasteiger partial charge in [0.25, 0.3) is 0 Å². The lowest BCUT2D eigenvalue weighted by Gasteiger charge is -2.71. The summed E-state index contributed by atoms with van der Waals surface area (Å²) in [4.78, 5) is 0. The second-order valence-electron chi connectivity index (χ2n) is 20.3. The van der Waals surface area contributed by atoms with Crippen LogP contribution in [-0.2, 0) is 18.9 Å². The van der Waals surface area contributed by atoms with Crippen LogP contribution < -0.4 is 0 Å². The highest BCUT2D eigenvalue weighted by atomic mass is 16.8. The minimum atomic E-state index is -1.81. The summed E-state index contributed by atoms with van der Waals surface area (Å²) >= 11 is 0. The van der Waals surface area contributed by atoms with Gasteiger partial charge < -0.3 is 70.0 Å². The van der Waals surface area contributed by atoms with Gasteiger partial charge in [-0.15, -0.1) is 0 Å². The van der Waals surface area contributed by atoms with Crippen molar-refractivity contribution < 1.29 is 70.0 Å². The fraction of sp³-hybridized carbons (Fsp3) is 0.952. The highest BCUT2D eigenvalue weighted by molar-refractivity contribution is 5.21. The smallest absolute Gasteiger partial charge is 0.187 e. The SMILES string of the molecule is CC(C)=CCC[C@@](C)(O)[C@@H]1CC[C@@]2(C)[C@@H]1[C@@H](O)C[C@H]1[C@]3(C)C[C@H](O)[C@@H](O[C@H]4O[C@@H](CO)[C@H](O)[C@@H](O)[C@@H]4O[C@H]4O[C@@H](CO)[C@H](O)[C@@H](O)[C@@H]4O)C(C)(C)[C@H]3CC[C@@]12C. The average Bonchev–Trinajstić information content (AvgIpc) is 3.50. The van der Waals surface area contributed by atoms with Crippen molar-refractivity contribution >= 4 is 0 Å². The summed E-state index contributed by atoms with van der Waals surface area (Å²) < 4.78 is 24.1. The Morgan fingerprint density at radius 2 is 1.32 bits per heavy atom. The largest absolute Gasteiger partial charge is 0.394 e. The minimum Gasteiger partial charge on any atom is -0.394 e. The first-order valence-electron chi connectivity index (χ1n) is 21.0. The molecule has 2 heterocycles. The van der Waals surface area contributed by atoms with E-state index in [0.29, 0.717) is 19.3 Å². The highest BCUT2D eigenvalue weighted by Crippen LogP contribution is 2.76. The molecule has 21 atom stereocenters. The van der Waals surface area contributed by atoms with Gasteiger partial charge in [0.05, 0.1) is 37.1 Å². The normalized spacial score (nSPS) is 52.6. The van der Waals surface area contributed by atoms with Crippen LogP contribution >= 0.6 is 0 Å². The Bertz CT molecular complexity index is 1400. The Kier molecular flexibility index (Phi) is 12.7. The second-order valence-corrected chi connectivity index (χ2v) is 20.3. The monoisotopic (exact) mass is 800 g/mol. The Labute approximate surface area is 331 Å². The second kappa shape index (κ2) is 15.9. The van der Waals surface area contributed by atoms with Crippen LogP contribution in [0.5, 0.6) is 0 Å². The molecule has 0 aromatic heterocycles. The molecule has 0 unspecified atom stereocenters. The lowest BCUT2D eigenvalue weighted by Crippen LogP contribution is -2.70. The first-order valence-corrected chi connectivity index (χ1v) is 21.0. The standard InChI is InChI=1S/C42H72O14/c1-20(2)10-9-13-42(8,52)21-11-14-41(7)28(21)22(45)16-27-39(5)17-23(46)35(38(3,4)26(39)12-15-40(27,41)6)56-37-34(32(50)30(48)25(19-44)54-37)55-36-33(51)31(49)29(47)24(18-43)53-36/h10,21-37,43-52H,9,11-19H2,1-8H3/t21-,22+,23+,24+,25+,26-,27+,28+,29+,30+,31-,32-,33+,34+,35-,36-,37-,39-,40+,41+,42-/m1/s1. The van der Waals surface area contributed by atoms with Crippen LogP contribution in [0.25, 0.3) is 0 Å². The van der Waals surface area contributed by atoms with Gasteiger partial charge in [0.2, 0.25) is 0 Å². The van der Waals surface area contributed by atoms with E-state index >= 15 is 0 Å². The topological polar surface area (TPSA) is 239 Å². The molecule has 2 aliphatic heterocycles. The van der Waals surface area contributed by atoms with Gasteiger partial charge in [0.1, 0.15) is 48.8 Å². The number of fused-ring (bicyclic) bond motifs is 5. The third kappa shape index (κ3) is 7.16. The quantitative estimate of drug-likeness (QED) is 0.110. The lowest BCUT2D eigenvalue weighted by molar-refractivity contribution is -0.383. The maximum absolute atomic E-state index is 12.2. The van der Waals surface area contributed by atoms with Crippen molar-refractivity contribution in [3.05, 3.63) is 11.6 Å². The summed E-state index contributed by atoms with van der Waals surface area (Å²) in [6, 6.07) is 0. The van der Waals surface area contributed by atoms with Crippen molar-refractivity contribution in [3.8, 4) is 0 Å². The molecule has 14 heteroatoms. The molecule has 6 fully saturated rings. The molecule has 10 N–H and O–H groups in total. The number of aliphatic hydroxyl groups is 10. The van der Waals surface area contributed by atoms with E-state index in [9.17, 15) is 51.1 Å². The summed E-state index contributed by atoms with van der Waals surface area (Å²) in [7, 11) is 0. The van der Waals surface area contributed by atoms with Crippen LogP contribution in [-0.4, -0.2) is 150 Å². The Morgan fingerprint density at radius 1 is 0.732 bits per heavy atom. The molecular formula is C42H72O14. The minimum absolute atomic E-state index is 0.00996. The zero-order valence-corrected chi connectivity index (χ0v) is 34.6. The predicted octanol–water partition coefficient (Wildman–Crippen LogP) is 1.12. The molecule has 56 heavy (non-hydrogen) atoms. The maximum Gasteiger partial charge on any atom is 0.187 e. The number of allylic oxidation sites excluding steroid dienone is 2. The molecular weight excluding hydrogens is 728 g/mol. The first-order chi connectivity index (χ1) is 26.0. The lowest BCUT2D eigenvalue weighted by atomic mass is 9.35. The van der Waals surface area contributed by atoms with Crippen molar-refractivity contribution in [2.75, 3.05) is 13.2 Å². The van der Waals surface area contributed by atoms with Crippen molar-refractivity contribution in [2.24, 2.45) is 45.3 Å². The Hall–Kier alpha value is -0.820. The molecule has 6 rings (SSSR count). The van der Waals surface area contributed by atoms with Crippen LogP contribution in [0.3, 0.4) is 0 Å². The summed E-state index contributed by atoms with van der Waals surface area (Å²) in [5, 5.41) is 110. The molecule has 0 bridgehead atoms. The van der Waals surface area contributed by atoms with E-state index < -0.39 is 109 Å². The van der Waals surface area contributed by atoms with Crippen molar-refractivity contribution in [1.29, 1.82) is 0 Å². The predicted molar refractivity (Wildman–Crippen MR) is 202 cm³/mol.